The van der Waals surface area contributed by atoms with Gasteiger partial charge in [0.2, 0.25) is 0 Å². The number of aryl methyl sites for hydroxylation is 3. The van der Waals surface area contributed by atoms with Gasteiger partial charge < -0.3 is 29.5 Å². The Morgan fingerprint density at radius 1 is 0.913 bits per heavy atom. The lowest BCUT2D eigenvalue weighted by Crippen LogP contribution is -2.27. The zero-order chi connectivity index (χ0) is 33.5. The minimum Gasteiger partial charge on any atom is -0.469 e. The zero-order valence-electron chi connectivity index (χ0n) is 28.6. The van der Waals surface area contributed by atoms with E-state index in [0.29, 0.717) is 19.6 Å². The molecule has 5 rings (SSSR count). The highest BCUT2D eigenvalue weighted by Gasteiger charge is 2.21. The third-order valence-corrected chi connectivity index (χ3v) is 8.64. The Morgan fingerprint density at radius 2 is 1.59 bits per heavy atom. The number of rotatable bonds is 7. The van der Waals surface area contributed by atoms with E-state index < -0.39 is 6.09 Å². The van der Waals surface area contributed by atoms with Gasteiger partial charge in [0.1, 0.15) is 6.61 Å². The summed E-state index contributed by atoms with van der Waals surface area (Å²) >= 11 is 0. The Morgan fingerprint density at radius 3 is 2.22 bits per heavy atom. The van der Waals surface area contributed by atoms with Crippen molar-refractivity contribution in [3.8, 4) is 0 Å². The maximum absolute atomic E-state index is 12.3. The fourth-order valence-electron chi connectivity index (χ4n) is 5.68. The van der Waals surface area contributed by atoms with E-state index in [4.69, 9.17) is 19.4 Å². The molecule has 5 heterocycles. The summed E-state index contributed by atoms with van der Waals surface area (Å²) < 4.78 is 14.9. The van der Waals surface area contributed by atoms with Gasteiger partial charge in [-0.3, -0.25) is 9.78 Å². The maximum Gasteiger partial charge on any atom is 0.407 e. The van der Waals surface area contributed by atoms with E-state index in [1.54, 1.807) is 14.0 Å². The number of H-pyrrole nitrogens is 2. The van der Waals surface area contributed by atoms with E-state index >= 15 is 0 Å². The van der Waals surface area contributed by atoms with Crippen LogP contribution in [-0.2, 0) is 38.5 Å². The Labute approximate surface area is 271 Å². The van der Waals surface area contributed by atoms with Crippen LogP contribution in [0.5, 0.6) is 0 Å². The largest absolute Gasteiger partial charge is 0.469 e. The van der Waals surface area contributed by atoms with Gasteiger partial charge in [-0.2, -0.15) is 0 Å². The van der Waals surface area contributed by atoms with Crippen molar-refractivity contribution in [3.63, 3.8) is 0 Å². The van der Waals surface area contributed by atoms with Gasteiger partial charge in [-0.25, -0.2) is 9.78 Å². The Hall–Kier alpha value is -4.44. The molecule has 0 radical (unpaired) electrons. The number of carbonyl (C=O) groups is 2. The van der Waals surface area contributed by atoms with Crippen molar-refractivity contribution in [2.75, 3.05) is 27.4 Å². The van der Waals surface area contributed by atoms with Crippen LogP contribution in [0.3, 0.4) is 0 Å². The van der Waals surface area contributed by atoms with Crippen LogP contribution in [0.25, 0.3) is 33.7 Å². The molecule has 246 valence electrons. The predicted octanol–water partition coefficient (Wildman–Crippen LogP) is 7.15. The van der Waals surface area contributed by atoms with E-state index in [9.17, 15) is 9.59 Å². The standard InChI is InChI=1S/C32H39N5O3.C4H8O2/c1-8-22-19(4)29-15-31-23(16-40-32(38)33-9-10-39-7)20(5)28(37-31)13-24-17(2)11-26(34-24)21(6)27-12-18(3)25(35-27)14-30(22)36-29;1-3-4(5)6-2/h12-15,17,36-37H,8-11,16H2,1-7H3,(H,33,38);3H2,1-2H3. The minimum absolute atomic E-state index is 0.144. The summed E-state index contributed by atoms with van der Waals surface area (Å²) in [4.78, 5) is 39.6. The molecule has 0 aromatic carbocycles. The maximum atomic E-state index is 12.3. The van der Waals surface area contributed by atoms with Crippen LogP contribution in [-0.4, -0.2) is 59.4 Å². The van der Waals surface area contributed by atoms with Crippen LogP contribution in [0, 0.1) is 20.8 Å². The molecule has 1 amide bonds. The first-order chi connectivity index (χ1) is 22.0. The van der Waals surface area contributed by atoms with Crippen molar-refractivity contribution < 1.29 is 23.8 Å². The summed E-state index contributed by atoms with van der Waals surface area (Å²) in [5.41, 5.74) is 14.7. The van der Waals surface area contributed by atoms with Crippen LogP contribution in [0.2, 0.25) is 0 Å². The Balaban J connectivity index is 0.000000731. The van der Waals surface area contributed by atoms with Crippen molar-refractivity contribution in [3.05, 3.63) is 68.8 Å². The quantitative estimate of drug-likeness (QED) is 0.187. The Bertz CT molecular complexity index is 1790. The van der Waals surface area contributed by atoms with Gasteiger partial charge >= 0.3 is 12.1 Å². The van der Waals surface area contributed by atoms with Gasteiger partial charge in [0.15, 0.2) is 0 Å². The second-order valence-electron chi connectivity index (χ2n) is 11.7. The van der Waals surface area contributed by atoms with E-state index in [-0.39, 0.29) is 18.5 Å². The molecule has 2 aliphatic rings. The van der Waals surface area contributed by atoms with Crippen molar-refractivity contribution >= 4 is 45.8 Å². The molecule has 0 spiro atoms. The monoisotopic (exact) mass is 629 g/mol. The number of aromatic nitrogens is 4. The second-order valence-corrected chi connectivity index (χ2v) is 11.7. The number of methoxy groups -OCH3 is 2. The molecule has 3 N–H and O–H groups in total. The van der Waals surface area contributed by atoms with Crippen molar-refractivity contribution in [2.45, 2.75) is 80.3 Å². The number of nitrogens with one attached hydrogen (secondary N) is 3. The van der Waals surface area contributed by atoms with Gasteiger partial charge in [-0.1, -0.05) is 20.8 Å². The molecule has 3 aromatic heterocycles. The first-order valence-corrected chi connectivity index (χ1v) is 15.9. The van der Waals surface area contributed by atoms with Gasteiger partial charge in [-0.05, 0) is 92.6 Å². The molecule has 0 aliphatic carbocycles. The molecule has 1 atom stereocenters. The fraction of sp³-hybridized carbons (Fsp3) is 0.444. The van der Waals surface area contributed by atoms with Gasteiger partial charge in [0.25, 0.3) is 0 Å². The van der Waals surface area contributed by atoms with Crippen LogP contribution in [0.4, 0.5) is 4.79 Å². The number of aromatic amines is 2. The number of hydrogen-bond acceptors (Lipinski definition) is 7. The predicted molar refractivity (Wildman–Crippen MR) is 183 cm³/mol. The average Bonchev–Trinajstić information content (AvgIpc) is 3.76. The number of amides is 1. The molecular formula is C36H47N5O5. The number of esters is 1. The number of fused-ring (bicyclic) bond motifs is 8. The molecule has 10 nitrogen and oxygen atoms in total. The van der Waals surface area contributed by atoms with Crippen LogP contribution < -0.4 is 5.32 Å². The second kappa shape index (κ2) is 15.2. The minimum atomic E-state index is -0.468. The Kier molecular flexibility index (Phi) is 11.4. The molecule has 0 saturated carbocycles. The third-order valence-electron chi connectivity index (χ3n) is 8.64. The van der Waals surface area contributed by atoms with Crippen molar-refractivity contribution in [1.82, 2.24) is 25.3 Å². The van der Waals surface area contributed by atoms with Gasteiger partial charge in [0, 0.05) is 65.0 Å². The summed E-state index contributed by atoms with van der Waals surface area (Å²) in [6, 6.07) is 6.42. The molecule has 2 aliphatic heterocycles. The molecule has 3 aromatic rings. The molecule has 8 bridgehead atoms. The number of carbonyl (C=O) groups excluding carboxylic acids is 2. The highest BCUT2D eigenvalue weighted by Crippen LogP contribution is 2.32. The number of alkyl carbamates (subject to hydrolysis) is 1. The lowest BCUT2D eigenvalue weighted by molar-refractivity contribution is -0.140. The van der Waals surface area contributed by atoms with Crippen LogP contribution >= 0.6 is 0 Å². The van der Waals surface area contributed by atoms with Crippen LogP contribution in [0.1, 0.15) is 90.6 Å². The molecule has 0 fully saturated rings. The average molecular weight is 630 g/mol. The van der Waals surface area contributed by atoms with Crippen molar-refractivity contribution in [2.24, 2.45) is 0 Å². The van der Waals surface area contributed by atoms with Gasteiger partial charge in [0.05, 0.1) is 25.1 Å². The molecule has 1 unspecified atom stereocenters. The van der Waals surface area contributed by atoms with E-state index in [2.05, 4.69) is 85.8 Å². The normalized spacial score (nSPS) is 13.8. The molecule has 46 heavy (non-hydrogen) atoms. The summed E-state index contributed by atoms with van der Waals surface area (Å²) in [7, 11) is 2.98. The summed E-state index contributed by atoms with van der Waals surface area (Å²) in [6.07, 6.45) is 3.94. The summed E-state index contributed by atoms with van der Waals surface area (Å²) in [5, 5.41) is 2.73. The van der Waals surface area contributed by atoms with E-state index in [0.717, 1.165) is 79.9 Å². The zero-order valence-corrected chi connectivity index (χ0v) is 28.6. The summed E-state index contributed by atoms with van der Waals surface area (Å²) in [6.45, 7) is 15.6. The lowest BCUT2D eigenvalue weighted by atomic mass is 10.0. The van der Waals surface area contributed by atoms with E-state index in [1.807, 2.05) is 0 Å². The smallest absolute Gasteiger partial charge is 0.407 e. The van der Waals surface area contributed by atoms with Crippen LogP contribution in [0.15, 0.2) is 18.2 Å². The topological polar surface area (TPSA) is 131 Å². The molecule has 0 saturated heterocycles. The number of nitrogens with zero attached hydrogens (tertiary/aromatic N) is 2. The molecule has 10 heteroatoms. The first-order valence-electron chi connectivity index (χ1n) is 15.9. The SMILES string of the molecule is CCC(=O)OC.CCc1c(C)c2cc3[nH]c(cc4nc(c(C)c5nc(cc1[nH]2)C(C)=C5)CC4C)c(C)c3COC(=O)NCCOC. The first kappa shape index (κ1) is 34.4. The van der Waals surface area contributed by atoms with Gasteiger partial charge in [-0.15, -0.1) is 0 Å². The number of ether oxygens (including phenoxy) is 3. The number of allylic oxidation sites excluding steroid dienone is 1. The highest BCUT2D eigenvalue weighted by atomic mass is 16.5. The fourth-order valence-corrected chi connectivity index (χ4v) is 5.68. The van der Waals surface area contributed by atoms with E-state index in [1.165, 1.54) is 18.2 Å². The lowest BCUT2D eigenvalue weighted by Gasteiger charge is -2.07. The van der Waals surface area contributed by atoms with Crippen molar-refractivity contribution in [1.29, 1.82) is 0 Å². The highest BCUT2D eigenvalue weighted by molar-refractivity contribution is 5.85. The molecular weight excluding hydrogens is 582 g/mol. The summed E-state index contributed by atoms with van der Waals surface area (Å²) in [5.74, 6) is 0.124. The third kappa shape index (κ3) is 7.67. The number of hydrogen-bond donors (Lipinski definition) is 3.